The lowest BCUT2D eigenvalue weighted by atomic mass is 9.66. The summed E-state index contributed by atoms with van der Waals surface area (Å²) in [7, 11) is 1.67. The number of hydrogen-bond acceptors (Lipinski definition) is 3. The first-order valence-electron chi connectivity index (χ1n) is 9.03. The zero-order valence-corrected chi connectivity index (χ0v) is 14.5. The van der Waals surface area contributed by atoms with E-state index >= 15 is 0 Å². The second-order valence-corrected chi connectivity index (χ2v) is 7.33. The van der Waals surface area contributed by atoms with Gasteiger partial charge in [-0.3, -0.25) is 4.79 Å². The molecular weight excluding hydrogens is 304 g/mol. The molecule has 1 unspecified atom stereocenters. The van der Waals surface area contributed by atoms with Crippen LogP contribution in [0.2, 0.25) is 0 Å². The van der Waals surface area contributed by atoms with Crippen molar-refractivity contribution < 1.29 is 19.5 Å². The quantitative estimate of drug-likeness (QED) is 0.747. The van der Waals surface area contributed by atoms with Gasteiger partial charge in [0.15, 0.2) is 0 Å². The summed E-state index contributed by atoms with van der Waals surface area (Å²) in [5.41, 5.74) is 6.04. The van der Waals surface area contributed by atoms with E-state index in [0.29, 0.717) is 6.42 Å². The fourth-order valence-corrected chi connectivity index (χ4v) is 4.70. The average Bonchev–Trinajstić information content (AvgIpc) is 2.59. The van der Waals surface area contributed by atoms with Gasteiger partial charge in [0, 0.05) is 17.9 Å². The first-order chi connectivity index (χ1) is 11.5. The van der Waals surface area contributed by atoms with Gasteiger partial charge >= 0.3 is 0 Å². The van der Waals surface area contributed by atoms with Crippen LogP contribution >= 0.6 is 0 Å². The fraction of sp³-hybridized carbons (Fsp3) is 0.632. The molecule has 4 atom stereocenters. The molecule has 0 aromatic heterocycles. The predicted molar refractivity (Wildman–Crippen MR) is 91.8 cm³/mol. The Labute approximate surface area is 143 Å². The third kappa shape index (κ3) is 3.42. The van der Waals surface area contributed by atoms with Crippen molar-refractivity contribution in [1.29, 1.82) is 0 Å². The zero-order valence-electron chi connectivity index (χ0n) is 14.5. The lowest BCUT2D eigenvalue weighted by Gasteiger charge is -2.50. The van der Waals surface area contributed by atoms with Gasteiger partial charge < -0.3 is 20.5 Å². The van der Waals surface area contributed by atoms with E-state index in [2.05, 4.69) is 12.1 Å². The lowest BCUT2D eigenvalue weighted by molar-refractivity contribution is -0.944. The van der Waals surface area contributed by atoms with Crippen LogP contribution in [0.25, 0.3) is 0 Å². The number of amides is 1. The van der Waals surface area contributed by atoms with Crippen molar-refractivity contribution in [2.24, 2.45) is 11.7 Å². The summed E-state index contributed by atoms with van der Waals surface area (Å²) < 4.78 is 5.27. The summed E-state index contributed by atoms with van der Waals surface area (Å²) in [6, 6.07) is 8.39. The molecule has 1 saturated carbocycles. The van der Waals surface area contributed by atoms with Gasteiger partial charge in [-0.1, -0.05) is 12.8 Å². The normalized spacial score (nSPS) is 32.8. The molecule has 1 aromatic rings. The SMILES string of the molecule is COc1ccc([C@@H]2[C@@H]3CCCC[C@@]3(O)CC[NH+]2CCC(N)=O)cc1. The maximum Gasteiger partial charge on any atom is 0.223 e. The molecule has 0 bridgehead atoms. The molecule has 1 aliphatic heterocycles. The van der Waals surface area contributed by atoms with E-state index in [4.69, 9.17) is 10.5 Å². The van der Waals surface area contributed by atoms with Crippen LogP contribution in [0.3, 0.4) is 0 Å². The molecule has 24 heavy (non-hydrogen) atoms. The molecule has 5 nitrogen and oxygen atoms in total. The Balaban J connectivity index is 1.89. The second kappa shape index (κ2) is 7.11. The molecule has 5 heteroatoms. The maximum absolute atomic E-state index is 11.3. The number of methoxy groups -OCH3 is 1. The van der Waals surface area contributed by atoms with Crippen molar-refractivity contribution in [1.82, 2.24) is 0 Å². The maximum atomic E-state index is 11.3. The van der Waals surface area contributed by atoms with Gasteiger partial charge in [-0.15, -0.1) is 0 Å². The minimum absolute atomic E-state index is 0.217. The number of likely N-dealkylation sites (tertiary alicyclic amines) is 1. The number of ether oxygens (including phenoxy) is 1. The molecule has 1 aliphatic carbocycles. The van der Waals surface area contributed by atoms with Crippen molar-refractivity contribution >= 4 is 5.91 Å². The second-order valence-electron chi connectivity index (χ2n) is 7.33. The minimum Gasteiger partial charge on any atom is -0.497 e. The molecule has 1 saturated heterocycles. The Hall–Kier alpha value is -1.59. The van der Waals surface area contributed by atoms with E-state index in [1.54, 1.807) is 7.11 Å². The van der Waals surface area contributed by atoms with Crippen LogP contribution < -0.4 is 15.4 Å². The van der Waals surface area contributed by atoms with E-state index in [-0.39, 0.29) is 17.9 Å². The summed E-state index contributed by atoms with van der Waals surface area (Å²) in [6.45, 7) is 1.62. The minimum atomic E-state index is -0.556. The first kappa shape index (κ1) is 17.2. The topological polar surface area (TPSA) is 77.0 Å². The molecule has 1 heterocycles. The molecule has 4 N–H and O–H groups in total. The number of aliphatic hydroxyl groups is 1. The van der Waals surface area contributed by atoms with Crippen molar-refractivity contribution in [3.63, 3.8) is 0 Å². The smallest absolute Gasteiger partial charge is 0.223 e. The van der Waals surface area contributed by atoms with Crippen molar-refractivity contribution in [3.8, 4) is 5.75 Å². The highest BCUT2D eigenvalue weighted by atomic mass is 16.5. The molecule has 2 aliphatic rings. The Morgan fingerprint density at radius 3 is 2.75 bits per heavy atom. The van der Waals surface area contributed by atoms with Crippen molar-refractivity contribution in [2.75, 3.05) is 20.2 Å². The van der Waals surface area contributed by atoms with E-state index < -0.39 is 5.60 Å². The number of nitrogens with two attached hydrogens (primary N) is 1. The van der Waals surface area contributed by atoms with Crippen LogP contribution in [-0.2, 0) is 4.79 Å². The Morgan fingerprint density at radius 2 is 2.08 bits per heavy atom. The van der Waals surface area contributed by atoms with Crippen LogP contribution in [-0.4, -0.2) is 36.8 Å². The van der Waals surface area contributed by atoms with E-state index in [9.17, 15) is 9.90 Å². The van der Waals surface area contributed by atoms with Gasteiger partial charge in [0.25, 0.3) is 0 Å². The molecule has 1 amide bonds. The number of piperidine rings is 1. The monoisotopic (exact) mass is 333 g/mol. The number of carbonyl (C=O) groups excluding carboxylic acids is 1. The number of hydrogen-bond donors (Lipinski definition) is 3. The molecule has 0 spiro atoms. The standard InChI is InChI=1S/C19H28N2O3/c1-24-15-7-5-14(6-8-15)18-16-4-2-3-10-19(16,23)11-13-21(18)12-9-17(20)22/h5-8,16,18,23H,2-4,9-13H2,1H3,(H2,20,22)/p+1/t16-,18+,19+/m0/s1. The van der Waals surface area contributed by atoms with Crippen molar-refractivity contribution in [2.45, 2.75) is 50.2 Å². The van der Waals surface area contributed by atoms with Gasteiger partial charge in [-0.25, -0.2) is 0 Å². The molecule has 1 aromatic carbocycles. The summed E-state index contributed by atoms with van der Waals surface area (Å²) in [4.78, 5) is 12.6. The Bertz CT molecular complexity index is 574. The fourth-order valence-electron chi connectivity index (χ4n) is 4.70. The van der Waals surface area contributed by atoms with Gasteiger partial charge in [0.05, 0.1) is 32.2 Å². The molecule has 132 valence electrons. The van der Waals surface area contributed by atoms with Gasteiger partial charge in [0.2, 0.25) is 5.91 Å². The summed E-state index contributed by atoms with van der Waals surface area (Å²) in [6.07, 6.45) is 5.44. The van der Waals surface area contributed by atoms with Crippen molar-refractivity contribution in [3.05, 3.63) is 29.8 Å². The zero-order chi connectivity index (χ0) is 17.2. The average molecular weight is 333 g/mol. The predicted octanol–water partition coefficient (Wildman–Crippen LogP) is 0.822. The number of primary amides is 1. The molecule has 0 radical (unpaired) electrons. The van der Waals surface area contributed by atoms with Gasteiger partial charge in [-0.05, 0) is 37.1 Å². The largest absolute Gasteiger partial charge is 0.497 e. The third-order valence-corrected chi connectivity index (χ3v) is 5.95. The molecule has 2 fully saturated rings. The Kier molecular flexibility index (Phi) is 5.11. The highest BCUT2D eigenvalue weighted by molar-refractivity contribution is 5.73. The number of fused-ring (bicyclic) bond motifs is 1. The lowest BCUT2D eigenvalue weighted by Crippen LogP contribution is -3.15. The van der Waals surface area contributed by atoms with Gasteiger partial charge in [0.1, 0.15) is 11.8 Å². The third-order valence-electron chi connectivity index (χ3n) is 5.95. The molecule has 3 rings (SSSR count). The van der Waals surface area contributed by atoms with Crippen LogP contribution in [0.1, 0.15) is 50.1 Å². The number of benzene rings is 1. The number of nitrogens with one attached hydrogen (secondary N) is 1. The van der Waals surface area contributed by atoms with Crippen LogP contribution in [0.5, 0.6) is 5.75 Å². The summed E-state index contributed by atoms with van der Waals surface area (Å²) >= 11 is 0. The van der Waals surface area contributed by atoms with Crippen LogP contribution in [0, 0.1) is 5.92 Å². The van der Waals surface area contributed by atoms with Gasteiger partial charge in [-0.2, -0.15) is 0 Å². The Morgan fingerprint density at radius 1 is 1.33 bits per heavy atom. The van der Waals surface area contributed by atoms with E-state index in [1.165, 1.54) is 16.9 Å². The van der Waals surface area contributed by atoms with E-state index in [0.717, 1.165) is 44.5 Å². The first-order valence-corrected chi connectivity index (χ1v) is 9.03. The van der Waals surface area contributed by atoms with E-state index in [1.807, 2.05) is 12.1 Å². The number of rotatable bonds is 5. The molecular formula is C19H29N2O3+. The highest BCUT2D eigenvalue weighted by Crippen LogP contribution is 2.44. The number of quaternary nitrogens is 1. The number of carbonyl (C=O) groups is 1. The summed E-state index contributed by atoms with van der Waals surface area (Å²) in [5, 5.41) is 11.2. The van der Waals surface area contributed by atoms with Crippen LogP contribution in [0.15, 0.2) is 24.3 Å². The van der Waals surface area contributed by atoms with Crippen LogP contribution in [0.4, 0.5) is 0 Å². The summed E-state index contributed by atoms with van der Waals surface area (Å²) in [5.74, 6) is 0.837. The highest BCUT2D eigenvalue weighted by Gasteiger charge is 2.51.